The van der Waals surface area contributed by atoms with Gasteiger partial charge in [-0.25, -0.2) is 0 Å². The molecule has 1 heterocycles. The van der Waals surface area contributed by atoms with Gasteiger partial charge in [0.2, 0.25) is 0 Å². The summed E-state index contributed by atoms with van der Waals surface area (Å²) in [5, 5.41) is 13.6. The van der Waals surface area contributed by atoms with Crippen LogP contribution in [-0.2, 0) is 4.79 Å². The van der Waals surface area contributed by atoms with Gasteiger partial charge in [0.05, 0.1) is 16.5 Å². The number of ether oxygens (including phenoxy) is 1. The molecule has 0 saturated carbocycles. The van der Waals surface area contributed by atoms with Gasteiger partial charge in [0, 0.05) is 36.3 Å². The number of carbonyl (C=O) groups is 2. The van der Waals surface area contributed by atoms with Crippen molar-refractivity contribution in [2.24, 2.45) is 0 Å². The number of carbonyl (C=O) groups excluding carboxylic acids is 2. The Morgan fingerprint density at radius 2 is 1.66 bits per heavy atom. The lowest BCUT2D eigenvalue weighted by Gasteiger charge is -2.23. The summed E-state index contributed by atoms with van der Waals surface area (Å²) in [6, 6.07) is 12.4. The number of hydrogen-bond acceptors (Lipinski definition) is 5. The van der Waals surface area contributed by atoms with E-state index in [-0.39, 0.29) is 22.9 Å². The Morgan fingerprint density at radius 3 is 2.25 bits per heavy atom. The van der Waals surface area contributed by atoms with Gasteiger partial charge in [-0.1, -0.05) is 31.0 Å². The Hall–Kier alpha value is -3.20. The molecule has 32 heavy (non-hydrogen) atoms. The SMILES string of the molecule is COc1ccccc1C(Br)=C(NC(=O)c1ccc([N+](=O)[O-])cc1)C(=O)N1CCCCCC1. The average Bonchev–Trinajstić information content (AvgIpc) is 3.11. The van der Waals surface area contributed by atoms with Crippen molar-refractivity contribution in [3.63, 3.8) is 0 Å². The molecule has 1 saturated heterocycles. The zero-order chi connectivity index (χ0) is 23.1. The summed E-state index contributed by atoms with van der Waals surface area (Å²) >= 11 is 3.51. The highest BCUT2D eigenvalue weighted by molar-refractivity contribution is 9.15. The molecule has 3 rings (SSSR count). The number of non-ortho nitro benzene ring substituents is 1. The number of halogens is 1. The lowest BCUT2D eigenvalue weighted by Crippen LogP contribution is -2.39. The zero-order valence-electron chi connectivity index (χ0n) is 17.7. The first-order valence-electron chi connectivity index (χ1n) is 10.3. The fourth-order valence-electron chi connectivity index (χ4n) is 3.51. The zero-order valence-corrected chi connectivity index (χ0v) is 19.3. The lowest BCUT2D eigenvalue weighted by molar-refractivity contribution is -0.384. The number of nitro groups is 1. The van der Waals surface area contributed by atoms with Crippen LogP contribution in [0.15, 0.2) is 54.2 Å². The Labute approximate surface area is 194 Å². The molecule has 168 valence electrons. The van der Waals surface area contributed by atoms with Crippen LogP contribution < -0.4 is 10.1 Å². The number of rotatable bonds is 6. The number of para-hydroxylation sites is 1. The molecular weight excluding hydrogens is 478 g/mol. The number of hydrogen-bond donors (Lipinski definition) is 1. The normalized spacial score (nSPS) is 14.8. The van der Waals surface area contributed by atoms with Gasteiger partial charge in [-0.15, -0.1) is 0 Å². The second-order valence-corrected chi connectivity index (χ2v) is 8.15. The highest BCUT2D eigenvalue weighted by Crippen LogP contribution is 2.33. The molecule has 0 spiro atoms. The van der Waals surface area contributed by atoms with Crippen LogP contribution in [-0.4, -0.2) is 41.8 Å². The second-order valence-electron chi connectivity index (χ2n) is 7.35. The molecule has 1 aliphatic rings. The van der Waals surface area contributed by atoms with E-state index in [1.54, 1.807) is 17.0 Å². The Kier molecular flexibility index (Phi) is 7.99. The number of nitrogens with one attached hydrogen (secondary N) is 1. The number of nitro benzene ring substituents is 1. The number of benzene rings is 2. The van der Waals surface area contributed by atoms with Crippen LogP contribution in [0, 0.1) is 10.1 Å². The smallest absolute Gasteiger partial charge is 0.271 e. The van der Waals surface area contributed by atoms with Crippen LogP contribution in [0.3, 0.4) is 0 Å². The van der Waals surface area contributed by atoms with E-state index >= 15 is 0 Å². The maximum atomic E-state index is 13.5. The molecule has 0 atom stereocenters. The monoisotopic (exact) mass is 501 g/mol. The average molecular weight is 502 g/mol. The molecule has 0 aliphatic carbocycles. The third-order valence-electron chi connectivity index (χ3n) is 5.25. The van der Waals surface area contributed by atoms with Gasteiger partial charge in [0.25, 0.3) is 17.5 Å². The predicted octanol–water partition coefficient (Wildman–Crippen LogP) is 4.50. The Bertz CT molecular complexity index is 1030. The van der Waals surface area contributed by atoms with Crippen LogP contribution in [0.2, 0.25) is 0 Å². The van der Waals surface area contributed by atoms with Crippen LogP contribution in [0.5, 0.6) is 5.75 Å². The van der Waals surface area contributed by atoms with Gasteiger partial charge in [0.1, 0.15) is 11.4 Å². The molecule has 9 heteroatoms. The molecular formula is C23H24BrN3O5. The topological polar surface area (TPSA) is 102 Å². The van der Waals surface area contributed by atoms with Gasteiger partial charge < -0.3 is 15.0 Å². The van der Waals surface area contributed by atoms with Crippen LogP contribution in [0.1, 0.15) is 41.6 Å². The number of amides is 2. The molecule has 2 aromatic rings. The molecule has 1 fully saturated rings. The first-order valence-corrected chi connectivity index (χ1v) is 11.1. The molecule has 0 aromatic heterocycles. The van der Waals surface area contributed by atoms with Crippen LogP contribution in [0.4, 0.5) is 5.69 Å². The Morgan fingerprint density at radius 1 is 1.03 bits per heavy atom. The number of likely N-dealkylation sites (tertiary alicyclic amines) is 1. The van der Waals surface area contributed by atoms with Gasteiger partial charge in [-0.3, -0.25) is 19.7 Å². The van der Waals surface area contributed by atoms with E-state index in [1.165, 1.54) is 31.4 Å². The van der Waals surface area contributed by atoms with Gasteiger partial charge >= 0.3 is 0 Å². The summed E-state index contributed by atoms with van der Waals surface area (Å²) < 4.78 is 5.82. The molecule has 1 N–H and O–H groups in total. The summed E-state index contributed by atoms with van der Waals surface area (Å²) in [7, 11) is 1.53. The molecule has 8 nitrogen and oxygen atoms in total. The van der Waals surface area contributed by atoms with Crippen molar-refractivity contribution in [1.82, 2.24) is 10.2 Å². The Balaban J connectivity index is 1.98. The van der Waals surface area contributed by atoms with Gasteiger partial charge in [-0.05, 0) is 47.0 Å². The lowest BCUT2D eigenvalue weighted by atomic mass is 10.1. The van der Waals surface area contributed by atoms with Crippen molar-refractivity contribution < 1.29 is 19.2 Å². The standard InChI is InChI=1S/C23H24BrN3O5/c1-32-19-9-5-4-8-18(19)20(24)21(23(29)26-14-6-2-3-7-15-26)25-22(28)16-10-12-17(13-11-16)27(30)31/h4-5,8-13H,2-3,6-7,14-15H2,1H3,(H,25,28). The third-order valence-corrected chi connectivity index (χ3v) is 6.07. The van der Waals surface area contributed by atoms with E-state index in [0.29, 0.717) is 28.9 Å². The van der Waals surface area contributed by atoms with E-state index < -0.39 is 10.8 Å². The number of methoxy groups -OCH3 is 1. The minimum absolute atomic E-state index is 0.0970. The minimum Gasteiger partial charge on any atom is -0.496 e. The quantitative estimate of drug-likeness (QED) is 0.356. The second kappa shape index (κ2) is 10.9. The predicted molar refractivity (Wildman–Crippen MR) is 124 cm³/mol. The fraction of sp³-hybridized carbons (Fsp3) is 0.304. The maximum absolute atomic E-state index is 13.5. The van der Waals surface area contributed by atoms with Crippen LogP contribution in [0.25, 0.3) is 4.48 Å². The summed E-state index contributed by atoms with van der Waals surface area (Å²) in [5.74, 6) is -0.282. The first-order chi connectivity index (χ1) is 15.4. The van der Waals surface area contributed by atoms with E-state index in [4.69, 9.17) is 4.74 Å². The molecule has 0 radical (unpaired) electrons. The van der Waals surface area contributed by atoms with E-state index in [1.807, 2.05) is 12.1 Å². The van der Waals surface area contributed by atoms with E-state index in [2.05, 4.69) is 21.2 Å². The van der Waals surface area contributed by atoms with Crippen molar-refractivity contribution in [3.05, 3.63) is 75.5 Å². The summed E-state index contributed by atoms with van der Waals surface area (Å²) in [6.07, 6.45) is 3.93. The fourth-order valence-corrected chi connectivity index (χ4v) is 4.11. The largest absolute Gasteiger partial charge is 0.496 e. The van der Waals surface area contributed by atoms with Gasteiger partial charge in [0.15, 0.2) is 0 Å². The summed E-state index contributed by atoms with van der Waals surface area (Å²) in [5.41, 5.74) is 0.808. The first kappa shape index (κ1) is 23.5. The minimum atomic E-state index is -0.537. The van der Waals surface area contributed by atoms with Gasteiger partial charge in [-0.2, -0.15) is 0 Å². The third kappa shape index (κ3) is 5.53. The summed E-state index contributed by atoms with van der Waals surface area (Å²) in [4.78, 5) is 38.5. The molecule has 0 bridgehead atoms. The molecule has 2 amide bonds. The van der Waals surface area contributed by atoms with Crippen molar-refractivity contribution >= 4 is 37.9 Å². The summed E-state index contributed by atoms with van der Waals surface area (Å²) in [6.45, 7) is 1.23. The molecule has 2 aromatic carbocycles. The molecule has 0 unspecified atom stereocenters. The van der Waals surface area contributed by atoms with Crippen molar-refractivity contribution in [2.45, 2.75) is 25.7 Å². The highest BCUT2D eigenvalue weighted by Gasteiger charge is 2.26. The van der Waals surface area contributed by atoms with Crippen molar-refractivity contribution in [3.8, 4) is 5.75 Å². The highest BCUT2D eigenvalue weighted by atomic mass is 79.9. The molecule has 1 aliphatic heterocycles. The van der Waals surface area contributed by atoms with Crippen LogP contribution >= 0.6 is 15.9 Å². The van der Waals surface area contributed by atoms with Crippen molar-refractivity contribution in [1.29, 1.82) is 0 Å². The maximum Gasteiger partial charge on any atom is 0.271 e. The van der Waals surface area contributed by atoms with E-state index in [9.17, 15) is 19.7 Å². The van der Waals surface area contributed by atoms with E-state index in [0.717, 1.165) is 25.7 Å². The number of nitrogens with zero attached hydrogens (tertiary/aromatic N) is 2. The van der Waals surface area contributed by atoms with Crippen molar-refractivity contribution in [2.75, 3.05) is 20.2 Å².